The molecule has 0 aromatic carbocycles. The summed E-state index contributed by atoms with van der Waals surface area (Å²) in [6.45, 7) is 2.44. The zero-order valence-electron chi connectivity index (χ0n) is 10.4. The van der Waals surface area contributed by atoms with Crippen LogP contribution < -0.4 is 5.32 Å². The molecule has 0 fully saturated rings. The van der Waals surface area contributed by atoms with Crippen LogP contribution in [0.5, 0.6) is 0 Å². The van der Waals surface area contributed by atoms with Crippen LogP contribution in [0.1, 0.15) is 12.6 Å². The molecular formula is C11H11N5O2S. The maximum atomic E-state index is 11.5. The second-order valence-corrected chi connectivity index (χ2v) is 5.77. The highest BCUT2D eigenvalue weighted by atomic mass is 32.2. The third kappa shape index (κ3) is 2.61. The molecule has 0 bridgehead atoms. The first-order valence-electron chi connectivity index (χ1n) is 5.47. The number of hydrogen-bond donors (Lipinski definition) is 1. The van der Waals surface area contributed by atoms with Crippen LogP contribution in [0.25, 0.3) is 10.9 Å². The maximum Gasteiger partial charge on any atom is 0.247 e. The van der Waals surface area contributed by atoms with E-state index in [1.54, 1.807) is 0 Å². The van der Waals surface area contributed by atoms with Crippen molar-refractivity contribution in [3.63, 3.8) is 0 Å². The highest BCUT2D eigenvalue weighted by molar-refractivity contribution is 7.90. The Labute approximate surface area is 110 Å². The smallest absolute Gasteiger partial charge is 0.247 e. The van der Waals surface area contributed by atoms with Crippen molar-refractivity contribution in [2.45, 2.75) is 12.1 Å². The van der Waals surface area contributed by atoms with Gasteiger partial charge in [-0.25, -0.2) is 23.4 Å². The summed E-state index contributed by atoms with van der Waals surface area (Å²) in [5.74, 6) is 0.379. The second kappa shape index (κ2) is 4.78. The molecule has 98 valence electrons. The first-order valence-corrected chi connectivity index (χ1v) is 7.36. The van der Waals surface area contributed by atoms with Crippen molar-refractivity contribution in [1.29, 1.82) is 5.26 Å². The van der Waals surface area contributed by atoms with Gasteiger partial charge in [0.25, 0.3) is 0 Å². The summed E-state index contributed by atoms with van der Waals surface area (Å²) < 4.78 is 22.9. The van der Waals surface area contributed by atoms with Gasteiger partial charge >= 0.3 is 0 Å². The molecule has 8 heteroatoms. The third-order valence-corrected chi connectivity index (χ3v) is 3.19. The van der Waals surface area contributed by atoms with E-state index in [-0.39, 0.29) is 10.9 Å². The summed E-state index contributed by atoms with van der Waals surface area (Å²) >= 11 is 0. The number of nitriles is 1. The fraction of sp³-hybridized carbons (Fsp3) is 0.273. The standard InChI is InChI=1S/C11H11N5O2S/c1-3-13-10-9-7(4-8(5-12)15-10)6-14-11(16-9)19(2,17)18/h4,6H,3H2,1-2H3,(H,13,15). The minimum atomic E-state index is -3.48. The van der Waals surface area contributed by atoms with Crippen LogP contribution >= 0.6 is 0 Å². The molecule has 0 saturated heterocycles. The van der Waals surface area contributed by atoms with E-state index in [2.05, 4.69) is 20.3 Å². The Morgan fingerprint density at radius 3 is 2.74 bits per heavy atom. The van der Waals surface area contributed by atoms with Gasteiger partial charge in [-0.3, -0.25) is 0 Å². The Balaban J connectivity index is 2.77. The quantitative estimate of drug-likeness (QED) is 0.824. The molecule has 2 rings (SSSR count). The number of pyridine rings is 1. The van der Waals surface area contributed by atoms with Crippen molar-refractivity contribution in [3.8, 4) is 6.07 Å². The molecule has 0 aliphatic rings. The van der Waals surface area contributed by atoms with Crippen LogP contribution in [-0.2, 0) is 9.84 Å². The van der Waals surface area contributed by atoms with Gasteiger partial charge in [-0.2, -0.15) is 5.26 Å². The first-order chi connectivity index (χ1) is 8.95. The predicted octanol–water partition coefficient (Wildman–Crippen LogP) is 0.732. The van der Waals surface area contributed by atoms with Gasteiger partial charge < -0.3 is 5.32 Å². The Bertz CT molecular complexity index is 780. The third-order valence-electron chi connectivity index (χ3n) is 2.33. The topological polar surface area (TPSA) is 109 Å². The summed E-state index contributed by atoms with van der Waals surface area (Å²) in [6, 6.07) is 3.45. The van der Waals surface area contributed by atoms with Gasteiger partial charge in [-0.1, -0.05) is 0 Å². The summed E-state index contributed by atoms with van der Waals surface area (Å²) in [6.07, 6.45) is 2.42. The summed E-state index contributed by atoms with van der Waals surface area (Å²) in [4.78, 5) is 11.9. The number of aromatic nitrogens is 3. The van der Waals surface area contributed by atoms with Crippen molar-refractivity contribution >= 4 is 26.6 Å². The van der Waals surface area contributed by atoms with Gasteiger partial charge in [0, 0.05) is 24.4 Å². The molecule has 0 amide bonds. The van der Waals surface area contributed by atoms with Crippen molar-refractivity contribution in [2.24, 2.45) is 0 Å². The first kappa shape index (κ1) is 13.2. The van der Waals surface area contributed by atoms with E-state index in [0.29, 0.717) is 23.3 Å². The van der Waals surface area contributed by atoms with Gasteiger partial charge in [0.1, 0.15) is 17.3 Å². The lowest BCUT2D eigenvalue weighted by Crippen LogP contribution is -2.07. The van der Waals surface area contributed by atoms with Crippen LogP contribution in [0.15, 0.2) is 17.4 Å². The molecule has 19 heavy (non-hydrogen) atoms. The SMILES string of the molecule is CCNc1nc(C#N)cc2cnc(S(C)(=O)=O)nc12. The lowest BCUT2D eigenvalue weighted by Gasteiger charge is -2.07. The van der Waals surface area contributed by atoms with E-state index >= 15 is 0 Å². The molecule has 2 aromatic heterocycles. The van der Waals surface area contributed by atoms with Gasteiger partial charge in [-0.05, 0) is 13.0 Å². The van der Waals surface area contributed by atoms with Crippen LogP contribution in [0, 0.1) is 11.3 Å². The number of rotatable bonds is 3. The minimum Gasteiger partial charge on any atom is -0.368 e. The molecular weight excluding hydrogens is 266 g/mol. The fourth-order valence-corrected chi connectivity index (χ4v) is 2.05. The molecule has 2 heterocycles. The van der Waals surface area contributed by atoms with Crippen LogP contribution in [0.3, 0.4) is 0 Å². The van der Waals surface area contributed by atoms with Crippen molar-refractivity contribution in [1.82, 2.24) is 15.0 Å². The lowest BCUT2D eigenvalue weighted by molar-refractivity contribution is 0.594. The summed E-state index contributed by atoms with van der Waals surface area (Å²) in [5.41, 5.74) is 0.607. The number of sulfone groups is 1. The van der Waals surface area contributed by atoms with Crippen molar-refractivity contribution in [3.05, 3.63) is 18.0 Å². The molecule has 0 atom stereocenters. The minimum absolute atomic E-state index is 0.221. The molecule has 0 unspecified atom stereocenters. The van der Waals surface area contributed by atoms with E-state index in [1.807, 2.05) is 13.0 Å². The van der Waals surface area contributed by atoms with E-state index in [9.17, 15) is 8.42 Å². The van der Waals surface area contributed by atoms with Crippen LogP contribution in [0.4, 0.5) is 5.82 Å². The maximum absolute atomic E-state index is 11.5. The number of fused-ring (bicyclic) bond motifs is 1. The van der Waals surface area contributed by atoms with Gasteiger partial charge in [0.2, 0.25) is 15.0 Å². The number of anilines is 1. The highest BCUT2D eigenvalue weighted by Crippen LogP contribution is 2.21. The summed E-state index contributed by atoms with van der Waals surface area (Å²) in [5, 5.41) is 12.2. The Morgan fingerprint density at radius 1 is 1.42 bits per heavy atom. The van der Waals surface area contributed by atoms with Gasteiger partial charge in [0.15, 0.2) is 5.82 Å². The molecule has 1 N–H and O–H groups in total. The molecule has 0 aliphatic carbocycles. The van der Waals surface area contributed by atoms with E-state index < -0.39 is 9.84 Å². The molecule has 7 nitrogen and oxygen atoms in total. The van der Waals surface area contributed by atoms with Gasteiger partial charge in [0.05, 0.1) is 0 Å². The number of hydrogen-bond acceptors (Lipinski definition) is 7. The summed E-state index contributed by atoms with van der Waals surface area (Å²) in [7, 11) is -3.48. The molecule has 0 radical (unpaired) electrons. The normalized spacial score (nSPS) is 11.2. The van der Waals surface area contributed by atoms with Gasteiger partial charge in [-0.15, -0.1) is 0 Å². The average molecular weight is 277 g/mol. The lowest BCUT2D eigenvalue weighted by atomic mass is 10.2. The Hall–Kier alpha value is -2.27. The number of nitrogens with zero attached hydrogens (tertiary/aromatic N) is 4. The molecule has 0 aliphatic heterocycles. The molecule has 2 aromatic rings. The van der Waals surface area contributed by atoms with Crippen LogP contribution in [-0.4, -0.2) is 36.2 Å². The van der Waals surface area contributed by atoms with Crippen LogP contribution in [0.2, 0.25) is 0 Å². The van der Waals surface area contributed by atoms with E-state index in [1.165, 1.54) is 12.3 Å². The van der Waals surface area contributed by atoms with Crippen molar-refractivity contribution < 1.29 is 8.42 Å². The molecule has 0 saturated carbocycles. The van der Waals surface area contributed by atoms with E-state index in [0.717, 1.165) is 6.26 Å². The Morgan fingerprint density at radius 2 is 2.16 bits per heavy atom. The molecule has 0 spiro atoms. The van der Waals surface area contributed by atoms with Crippen molar-refractivity contribution in [2.75, 3.05) is 18.1 Å². The highest BCUT2D eigenvalue weighted by Gasteiger charge is 2.14. The zero-order chi connectivity index (χ0) is 14.0. The monoisotopic (exact) mass is 277 g/mol. The second-order valence-electron chi connectivity index (χ2n) is 3.86. The predicted molar refractivity (Wildman–Crippen MR) is 69.3 cm³/mol. The number of nitrogens with one attached hydrogen (secondary N) is 1. The van der Waals surface area contributed by atoms with E-state index in [4.69, 9.17) is 5.26 Å². The average Bonchev–Trinajstić information content (AvgIpc) is 2.37. The Kier molecular flexibility index (Phi) is 3.31. The fourth-order valence-electron chi connectivity index (χ4n) is 1.55. The largest absolute Gasteiger partial charge is 0.368 e. The zero-order valence-corrected chi connectivity index (χ0v) is 11.2.